The number of methoxy groups -OCH3 is 2. The Morgan fingerprint density at radius 3 is 1.97 bits per heavy atom. The van der Waals surface area contributed by atoms with Crippen LogP contribution in [0.2, 0.25) is 0 Å². The molecular weight excluding hydrogens is 428 g/mol. The largest absolute Gasteiger partial charge is 0.497 e. The van der Waals surface area contributed by atoms with Crippen LogP contribution in [-0.4, -0.2) is 26.0 Å². The molecule has 1 aliphatic rings. The first kappa shape index (κ1) is 23.1. The summed E-state index contributed by atoms with van der Waals surface area (Å²) in [6.45, 7) is 7.90. The summed E-state index contributed by atoms with van der Waals surface area (Å²) < 4.78 is 10.7. The number of aryl methyl sites for hydroxylation is 4. The molecule has 6 nitrogen and oxygen atoms in total. The molecule has 0 saturated heterocycles. The Bertz CT molecular complexity index is 1320. The molecule has 0 unspecified atom stereocenters. The average Bonchev–Trinajstić information content (AvgIpc) is 3.04. The van der Waals surface area contributed by atoms with Crippen molar-refractivity contribution in [1.82, 2.24) is 0 Å². The number of benzene rings is 3. The fraction of sp³-hybridized carbons (Fsp3) is 0.214. The first-order valence-corrected chi connectivity index (χ1v) is 11.0. The Morgan fingerprint density at radius 2 is 1.38 bits per heavy atom. The molecule has 0 aromatic heterocycles. The second-order valence-corrected chi connectivity index (χ2v) is 8.51. The molecule has 0 bridgehead atoms. The minimum Gasteiger partial charge on any atom is -0.497 e. The van der Waals surface area contributed by atoms with Crippen molar-refractivity contribution >= 4 is 28.8 Å². The molecule has 34 heavy (non-hydrogen) atoms. The summed E-state index contributed by atoms with van der Waals surface area (Å²) in [5.41, 5.74) is 6.48. The predicted molar refractivity (Wildman–Crippen MR) is 134 cm³/mol. The lowest BCUT2D eigenvalue weighted by Crippen LogP contribution is -2.32. The number of carbonyl (C=O) groups excluding carboxylic acids is 2. The van der Waals surface area contributed by atoms with Crippen LogP contribution in [0.1, 0.15) is 27.8 Å². The van der Waals surface area contributed by atoms with Crippen molar-refractivity contribution in [1.29, 1.82) is 0 Å². The molecule has 0 atom stereocenters. The Hall–Kier alpha value is -4.06. The second-order valence-electron chi connectivity index (χ2n) is 8.51. The van der Waals surface area contributed by atoms with E-state index < -0.39 is 5.91 Å². The summed E-state index contributed by atoms with van der Waals surface area (Å²) in [7, 11) is 3.12. The van der Waals surface area contributed by atoms with E-state index in [0.717, 1.165) is 22.3 Å². The molecule has 2 amide bonds. The van der Waals surface area contributed by atoms with E-state index in [1.165, 1.54) is 4.90 Å². The van der Waals surface area contributed by atoms with Gasteiger partial charge >= 0.3 is 0 Å². The molecule has 1 heterocycles. The molecule has 4 rings (SSSR count). The first-order chi connectivity index (χ1) is 16.2. The Morgan fingerprint density at radius 1 is 0.706 bits per heavy atom. The number of ether oxygens (including phenoxy) is 2. The highest BCUT2D eigenvalue weighted by Crippen LogP contribution is 2.37. The quantitative estimate of drug-likeness (QED) is 0.508. The van der Waals surface area contributed by atoms with Gasteiger partial charge in [0.05, 0.1) is 25.5 Å². The summed E-state index contributed by atoms with van der Waals surface area (Å²) >= 11 is 0. The predicted octanol–water partition coefficient (Wildman–Crippen LogP) is 5.33. The van der Waals surface area contributed by atoms with E-state index in [9.17, 15) is 9.59 Å². The minimum atomic E-state index is -0.412. The first-order valence-electron chi connectivity index (χ1n) is 11.0. The minimum absolute atomic E-state index is 0.213. The van der Waals surface area contributed by atoms with E-state index in [2.05, 4.69) is 5.32 Å². The zero-order chi connectivity index (χ0) is 24.6. The number of imide groups is 1. The van der Waals surface area contributed by atoms with E-state index in [4.69, 9.17) is 9.47 Å². The monoisotopic (exact) mass is 456 g/mol. The van der Waals surface area contributed by atoms with E-state index in [1.807, 2.05) is 58.0 Å². The highest BCUT2D eigenvalue weighted by Gasteiger charge is 2.41. The van der Waals surface area contributed by atoms with E-state index >= 15 is 0 Å². The van der Waals surface area contributed by atoms with Crippen molar-refractivity contribution in [2.45, 2.75) is 27.7 Å². The lowest BCUT2D eigenvalue weighted by Gasteiger charge is -2.17. The van der Waals surface area contributed by atoms with Crippen molar-refractivity contribution in [3.63, 3.8) is 0 Å². The standard InChI is InChI=1S/C28H28N2O4/c1-16-7-10-24(19(4)11-16)25-26(29-20-13-22(33-5)15-23(14-20)34-6)28(32)30(27(25)31)21-9-8-17(2)18(3)12-21/h7-15,29H,1-6H3. The third-order valence-corrected chi connectivity index (χ3v) is 6.10. The van der Waals surface area contributed by atoms with Crippen LogP contribution in [0.15, 0.2) is 60.3 Å². The summed E-state index contributed by atoms with van der Waals surface area (Å²) in [6, 6.07) is 16.7. The Balaban J connectivity index is 1.87. The maximum atomic E-state index is 13.8. The second kappa shape index (κ2) is 9.06. The van der Waals surface area contributed by atoms with E-state index in [1.54, 1.807) is 38.5 Å². The number of carbonyl (C=O) groups is 2. The fourth-order valence-electron chi connectivity index (χ4n) is 4.11. The fourth-order valence-corrected chi connectivity index (χ4v) is 4.11. The van der Waals surface area contributed by atoms with Crippen molar-refractivity contribution in [3.8, 4) is 11.5 Å². The molecule has 0 aliphatic carbocycles. The van der Waals surface area contributed by atoms with Crippen molar-refractivity contribution in [2.24, 2.45) is 0 Å². The van der Waals surface area contributed by atoms with Crippen LogP contribution >= 0.6 is 0 Å². The van der Waals surface area contributed by atoms with Gasteiger partial charge in [0.15, 0.2) is 0 Å². The summed E-state index contributed by atoms with van der Waals surface area (Å²) in [5.74, 6) is 0.360. The number of hydrogen-bond acceptors (Lipinski definition) is 5. The zero-order valence-electron chi connectivity index (χ0n) is 20.3. The number of nitrogens with zero attached hydrogens (tertiary/aromatic N) is 1. The van der Waals surface area contributed by atoms with Crippen LogP contribution in [0.5, 0.6) is 11.5 Å². The van der Waals surface area contributed by atoms with Gasteiger partial charge in [-0.25, -0.2) is 4.90 Å². The summed E-state index contributed by atoms with van der Waals surface area (Å²) in [6.07, 6.45) is 0. The molecule has 1 N–H and O–H groups in total. The van der Waals surface area contributed by atoms with Gasteiger partial charge in [0.1, 0.15) is 17.2 Å². The van der Waals surface area contributed by atoms with Gasteiger partial charge < -0.3 is 14.8 Å². The van der Waals surface area contributed by atoms with Gasteiger partial charge in [0.2, 0.25) is 0 Å². The topological polar surface area (TPSA) is 67.9 Å². The summed E-state index contributed by atoms with van der Waals surface area (Å²) in [5, 5.41) is 3.19. The highest BCUT2D eigenvalue weighted by molar-refractivity contribution is 6.46. The smallest absolute Gasteiger partial charge is 0.282 e. The third-order valence-electron chi connectivity index (χ3n) is 6.10. The van der Waals surface area contributed by atoms with Gasteiger partial charge in [-0.15, -0.1) is 0 Å². The molecule has 3 aromatic carbocycles. The van der Waals surface area contributed by atoms with Gasteiger partial charge in [0, 0.05) is 23.9 Å². The van der Waals surface area contributed by atoms with Gasteiger partial charge in [-0.2, -0.15) is 0 Å². The number of nitrogens with one attached hydrogen (secondary N) is 1. The van der Waals surface area contributed by atoms with Crippen LogP contribution < -0.4 is 19.7 Å². The molecule has 1 aliphatic heterocycles. The number of anilines is 2. The van der Waals surface area contributed by atoms with Crippen LogP contribution in [0.25, 0.3) is 5.57 Å². The van der Waals surface area contributed by atoms with E-state index in [0.29, 0.717) is 34.0 Å². The van der Waals surface area contributed by atoms with Crippen molar-refractivity contribution in [2.75, 3.05) is 24.4 Å². The van der Waals surface area contributed by atoms with E-state index in [-0.39, 0.29) is 11.6 Å². The molecular formula is C28H28N2O4. The van der Waals surface area contributed by atoms with Crippen molar-refractivity contribution in [3.05, 3.63) is 88.1 Å². The van der Waals surface area contributed by atoms with Gasteiger partial charge in [-0.05, 0) is 62.1 Å². The van der Waals surface area contributed by atoms with Crippen molar-refractivity contribution < 1.29 is 19.1 Å². The van der Waals surface area contributed by atoms with Crippen LogP contribution in [-0.2, 0) is 9.59 Å². The molecule has 6 heteroatoms. The maximum Gasteiger partial charge on any atom is 0.282 e. The lowest BCUT2D eigenvalue weighted by atomic mass is 9.97. The zero-order valence-corrected chi connectivity index (χ0v) is 20.3. The third kappa shape index (κ3) is 4.15. The average molecular weight is 457 g/mol. The SMILES string of the molecule is COc1cc(NC2=C(c3ccc(C)cc3C)C(=O)N(c3ccc(C)c(C)c3)C2=O)cc(OC)c1. The van der Waals surface area contributed by atoms with Crippen LogP contribution in [0.4, 0.5) is 11.4 Å². The number of hydrogen-bond donors (Lipinski definition) is 1. The Labute approximate surface area is 199 Å². The highest BCUT2D eigenvalue weighted by atomic mass is 16.5. The molecule has 0 saturated carbocycles. The van der Waals surface area contributed by atoms with Gasteiger partial charge in [-0.1, -0.05) is 29.8 Å². The summed E-state index contributed by atoms with van der Waals surface area (Å²) in [4.78, 5) is 28.7. The maximum absolute atomic E-state index is 13.8. The number of amides is 2. The van der Waals surface area contributed by atoms with Gasteiger partial charge in [-0.3, -0.25) is 9.59 Å². The lowest BCUT2D eigenvalue weighted by molar-refractivity contribution is -0.120. The molecule has 3 aromatic rings. The molecule has 0 spiro atoms. The molecule has 174 valence electrons. The molecule has 0 fully saturated rings. The van der Waals surface area contributed by atoms with Gasteiger partial charge in [0.25, 0.3) is 11.8 Å². The Kier molecular flexibility index (Phi) is 6.16. The molecule has 0 radical (unpaired) electrons. The normalized spacial score (nSPS) is 13.5. The van der Waals surface area contributed by atoms with Crippen LogP contribution in [0.3, 0.4) is 0 Å². The van der Waals surface area contributed by atoms with Crippen LogP contribution in [0, 0.1) is 27.7 Å². The number of rotatable bonds is 6.